The number of allylic oxidation sites excluding steroid dienone is 18. The van der Waals surface area contributed by atoms with Crippen LogP contribution in [0.3, 0.4) is 0 Å². The maximum Gasteiger partial charge on any atom is 0.0657 e. The molecular weight excluding hydrogens is 496 g/mol. The molecule has 0 radical (unpaired) electrons. The Morgan fingerprint density at radius 2 is 1.00 bits per heavy atom. The zero-order chi connectivity index (χ0) is 30.5. The van der Waals surface area contributed by atoms with E-state index in [2.05, 4.69) is 142 Å². The van der Waals surface area contributed by atoms with Crippen LogP contribution >= 0.6 is 0 Å². The van der Waals surface area contributed by atoms with E-state index in [0.29, 0.717) is 13.2 Å². The summed E-state index contributed by atoms with van der Waals surface area (Å²) in [5, 5.41) is 0. The van der Waals surface area contributed by atoms with Crippen LogP contribution in [-0.2, 0) is 4.74 Å². The van der Waals surface area contributed by atoms with Gasteiger partial charge in [0.15, 0.2) is 0 Å². The molecule has 0 aliphatic heterocycles. The van der Waals surface area contributed by atoms with Crippen molar-refractivity contribution >= 4 is 0 Å². The topological polar surface area (TPSA) is 9.23 Å². The third-order valence-corrected chi connectivity index (χ3v) is 8.59. The summed E-state index contributed by atoms with van der Waals surface area (Å²) in [7, 11) is 0. The van der Waals surface area contributed by atoms with Crippen molar-refractivity contribution in [2.75, 3.05) is 13.2 Å². The fourth-order valence-corrected chi connectivity index (χ4v) is 5.85. The molecule has 0 fully saturated rings. The Morgan fingerprint density at radius 1 is 0.610 bits per heavy atom. The summed E-state index contributed by atoms with van der Waals surface area (Å²) in [6.07, 6.45) is 34.0. The van der Waals surface area contributed by atoms with Crippen LogP contribution in [0.1, 0.15) is 108 Å². The average molecular weight is 555 g/mol. The van der Waals surface area contributed by atoms with Gasteiger partial charge in [-0.05, 0) is 102 Å². The van der Waals surface area contributed by atoms with Crippen LogP contribution in [0.15, 0.2) is 117 Å². The van der Waals surface area contributed by atoms with E-state index >= 15 is 0 Å². The molecule has 0 N–H and O–H groups in total. The number of rotatable bonds is 12. The summed E-state index contributed by atoms with van der Waals surface area (Å²) in [6, 6.07) is 0. The zero-order valence-electron chi connectivity index (χ0n) is 28.0. The number of ether oxygens (including phenoxy) is 1. The number of hydrogen-bond donors (Lipinski definition) is 0. The molecule has 0 heterocycles. The molecular formula is C40H58O. The third kappa shape index (κ3) is 12.4. The first kappa shape index (κ1) is 34.6. The lowest BCUT2D eigenvalue weighted by Crippen LogP contribution is -2.19. The average Bonchev–Trinajstić information content (AvgIpc) is 2.87. The van der Waals surface area contributed by atoms with Gasteiger partial charge in [0.2, 0.25) is 0 Å². The van der Waals surface area contributed by atoms with Gasteiger partial charge in [0, 0.05) is 0 Å². The molecule has 0 atom stereocenters. The molecule has 2 aliphatic rings. The van der Waals surface area contributed by atoms with Crippen molar-refractivity contribution in [2.24, 2.45) is 10.8 Å². The molecule has 0 aromatic rings. The van der Waals surface area contributed by atoms with Crippen molar-refractivity contribution in [3.8, 4) is 0 Å². The molecule has 0 spiro atoms. The predicted molar refractivity (Wildman–Crippen MR) is 183 cm³/mol. The van der Waals surface area contributed by atoms with Crippen molar-refractivity contribution in [1.82, 2.24) is 0 Å². The summed E-state index contributed by atoms with van der Waals surface area (Å²) in [4.78, 5) is 0. The van der Waals surface area contributed by atoms with E-state index in [0.717, 1.165) is 0 Å². The quantitative estimate of drug-likeness (QED) is 0.172. The second-order valence-electron chi connectivity index (χ2n) is 13.5. The van der Waals surface area contributed by atoms with Crippen molar-refractivity contribution in [1.29, 1.82) is 0 Å². The standard InChI is InChI=1S/C40H58O/c1-31(21-23-37-35(5)19-13-27-39(37,7)8)15-11-17-33(3)25-29-41-30-26-34(4)18-12-16-32(2)22-24-38-36(6)20-14-28-40(38,9)10/h11-12,15-18,21-26H,13-14,19-20,27-30H2,1-10H3/b17-11+,18-12+,23-21+,24-22+,31-15+,32-16+,33-25+,34-26+. The summed E-state index contributed by atoms with van der Waals surface area (Å²) in [5.41, 5.74) is 11.6. The van der Waals surface area contributed by atoms with E-state index in [9.17, 15) is 0 Å². The molecule has 0 aromatic heterocycles. The molecule has 2 aliphatic carbocycles. The van der Waals surface area contributed by atoms with Gasteiger partial charge in [-0.1, -0.05) is 134 Å². The van der Waals surface area contributed by atoms with Crippen LogP contribution in [0.4, 0.5) is 0 Å². The smallest absolute Gasteiger partial charge is 0.0657 e. The molecule has 224 valence electrons. The highest BCUT2D eigenvalue weighted by Gasteiger charge is 2.27. The van der Waals surface area contributed by atoms with E-state index in [1.54, 1.807) is 11.1 Å². The minimum Gasteiger partial charge on any atom is -0.373 e. The molecule has 0 saturated carbocycles. The van der Waals surface area contributed by atoms with Crippen LogP contribution in [-0.4, -0.2) is 13.2 Å². The first-order valence-corrected chi connectivity index (χ1v) is 15.7. The van der Waals surface area contributed by atoms with Gasteiger partial charge in [0.1, 0.15) is 0 Å². The van der Waals surface area contributed by atoms with Gasteiger partial charge in [-0.3, -0.25) is 0 Å². The normalized spacial score (nSPS) is 21.5. The highest BCUT2D eigenvalue weighted by atomic mass is 16.5. The minimum atomic E-state index is 0.287. The van der Waals surface area contributed by atoms with Crippen LogP contribution in [0.2, 0.25) is 0 Å². The van der Waals surface area contributed by atoms with E-state index in [4.69, 9.17) is 4.74 Å². The Labute approximate surface area is 253 Å². The summed E-state index contributed by atoms with van der Waals surface area (Å²) in [5.74, 6) is 0. The van der Waals surface area contributed by atoms with Crippen molar-refractivity contribution in [3.63, 3.8) is 0 Å². The second-order valence-corrected chi connectivity index (χ2v) is 13.5. The largest absolute Gasteiger partial charge is 0.373 e. The van der Waals surface area contributed by atoms with Crippen molar-refractivity contribution in [3.05, 3.63) is 117 Å². The molecule has 0 saturated heterocycles. The fraction of sp³-hybridized carbons (Fsp3) is 0.500. The van der Waals surface area contributed by atoms with Gasteiger partial charge in [-0.2, -0.15) is 0 Å². The van der Waals surface area contributed by atoms with Gasteiger partial charge in [-0.25, -0.2) is 0 Å². The summed E-state index contributed by atoms with van der Waals surface area (Å²) < 4.78 is 5.82. The highest BCUT2D eigenvalue weighted by molar-refractivity contribution is 5.38. The molecule has 2 rings (SSSR count). The Kier molecular flexibility index (Phi) is 14.1. The van der Waals surface area contributed by atoms with E-state index in [1.807, 2.05) is 0 Å². The third-order valence-electron chi connectivity index (χ3n) is 8.59. The molecule has 0 amide bonds. The lowest BCUT2D eigenvalue weighted by atomic mass is 9.72. The fourth-order valence-electron chi connectivity index (χ4n) is 5.85. The van der Waals surface area contributed by atoms with Gasteiger partial charge in [0.05, 0.1) is 13.2 Å². The van der Waals surface area contributed by atoms with E-state index in [-0.39, 0.29) is 10.8 Å². The van der Waals surface area contributed by atoms with E-state index in [1.165, 1.54) is 72.0 Å². The molecule has 1 nitrogen and oxygen atoms in total. The van der Waals surface area contributed by atoms with Crippen LogP contribution in [0.5, 0.6) is 0 Å². The lowest BCUT2D eigenvalue weighted by molar-refractivity contribution is 0.193. The zero-order valence-corrected chi connectivity index (χ0v) is 28.0. The number of hydrogen-bond acceptors (Lipinski definition) is 1. The Bertz CT molecular complexity index is 1100. The minimum absolute atomic E-state index is 0.287. The van der Waals surface area contributed by atoms with E-state index < -0.39 is 0 Å². The highest BCUT2D eigenvalue weighted by Crippen LogP contribution is 2.41. The Morgan fingerprint density at radius 3 is 1.37 bits per heavy atom. The molecule has 41 heavy (non-hydrogen) atoms. The Balaban J connectivity index is 1.77. The maximum absolute atomic E-state index is 5.82. The Hall–Kier alpha value is -2.64. The van der Waals surface area contributed by atoms with Crippen LogP contribution in [0.25, 0.3) is 0 Å². The first-order valence-electron chi connectivity index (χ1n) is 15.7. The molecule has 1 heteroatoms. The SMILES string of the molecule is CC1=C(/C=C/C(C)=C/C=C/C(C)=C/COC/C=C(C)/C=C/C=C(C)/C=C/C2=C(C)CCCC2(C)C)C(C)(C)CCC1. The molecule has 0 aromatic carbocycles. The summed E-state index contributed by atoms with van der Waals surface area (Å²) >= 11 is 0. The van der Waals surface area contributed by atoms with Crippen LogP contribution < -0.4 is 0 Å². The predicted octanol–water partition coefficient (Wildman–Crippen LogP) is 12.1. The maximum atomic E-state index is 5.82. The first-order chi connectivity index (χ1) is 19.3. The lowest BCUT2D eigenvalue weighted by Gasteiger charge is -2.33. The molecule has 0 bridgehead atoms. The van der Waals surface area contributed by atoms with Gasteiger partial charge in [-0.15, -0.1) is 0 Å². The van der Waals surface area contributed by atoms with Crippen molar-refractivity contribution in [2.45, 2.75) is 108 Å². The monoisotopic (exact) mass is 554 g/mol. The van der Waals surface area contributed by atoms with Gasteiger partial charge in [0.25, 0.3) is 0 Å². The van der Waals surface area contributed by atoms with Crippen LogP contribution in [0, 0.1) is 10.8 Å². The molecule has 0 unspecified atom stereocenters. The van der Waals surface area contributed by atoms with Gasteiger partial charge < -0.3 is 4.74 Å². The van der Waals surface area contributed by atoms with Crippen molar-refractivity contribution < 1.29 is 4.74 Å². The van der Waals surface area contributed by atoms with Gasteiger partial charge >= 0.3 is 0 Å². The summed E-state index contributed by atoms with van der Waals surface area (Å²) in [6.45, 7) is 23.9. The second kappa shape index (κ2) is 16.7.